The van der Waals surface area contributed by atoms with E-state index in [-0.39, 0.29) is 23.5 Å². The van der Waals surface area contributed by atoms with Crippen molar-refractivity contribution in [2.75, 3.05) is 7.05 Å². The Hall–Kier alpha value is -3.77. The molecule has 0 aromatic heterocycles. The zero-order valence-corrected chi connectivity index (χ0v) is 20.7. The van der Waals surface area contributed by atoms with Gasteiger partial charge in [0.2, 0.25) is 0 Å². The highest BCUT2D eigenvalue weighted by Crippen LogP contribution is 2.39. The lowest BCUT2D eigenvalue weighted by Crippen LogP contribution is -2.28. The van der Waals surface area contributed by atoms with Crippen molar-refractivity contribution in [1.29, 1.82) is 0 Å². The molecule has 1 N–H and O–H groups in total. The number of hydrogen-bond donors (Lipinski definition) is 1. The summed E-state index contributed by atoms with van der Waals surface area (Å²) in [7, 11) is 1.49. The number of amides is 2. The fourth-order valence-electron chi connectivity index (χ4n) is 4.90. The summed E-state index contributed by atoms with van der Waals surface area (Å²) in [5.74, 6) is -2.30. The molecule has 3 aromatic rings. The van der Waals surface area contributed by atoms with E-state index in [0.717, 1.165) is 22.4 Å². The van der Waals surface area contributed by atoms with Crippen LogP contribution < -0.4 is 0 Å². The molecule has 36 heavy (non-hydrogen) atoms. The molecule has 2 amide bonds. The Morgan fingerprint density at radius 1 is 0.833 bits per heavy atom. The largest absolute Gasteiger partial charge is 0.481 e. The maximum atomic E-state index is 12.7. The average molecular weight is 504 g/mol. The molecule has 3 atom stereocenters. The summed E-state index contributed by atoms with van der Waals surface area (Å²) in [5.41, 5.74) is 3.61. The van der Waals surface area contributed by atoms with Crippen LogP contribution in [0.4, 0.5) is 0 Å². The van der Waals surface area contributed by atoms with Gasteiger partial charge < -0.3 is 5.11 Å². The standard InChI is InChI=1S/C20H19ClO3.C9H7NO2/c1-12-2-11-17(18(12)20(23)24)19(22)15-5-3-13(4-6-15)14-7-9-16(21)10-8-14;1-10-8(11)6-4-2-3-5-7(6)9(10)12/h3-10,12,17-18H,2,11H2,1H3,(H,23,24);2-5H,1H3/t12?,17-,18?;/m0./s1. The van der Waals surface area contributed by atoms with Gasteiger partial charge in [-0.3, -0.25) is 24.1 Å². The molecule has 6 nitrogen and oxygen atoms in total. The second-order valence-electron chi connectivity index (χ2n) is 9.19. The third kappa shape index (κ3) is 4.95. The van der Waals surface area contributed by atoms with E-state index in [0.29, 0.717) is 28.1 Å². The quantitative estimate of drug-likeness (QED) is 0.356. The molecular formula is C29H26ClNO5. The minimum absolute atomic E-state index is 0.0461. The van der Waals surface area contributed by atoms with Gasteiger partial charge in [0.05, 0.1) is 17.0 Å². The molecule has 0 bridgehead atoms. The Morgan fingerprint density at radius 2 is 1.33 bits per heavy atom. The fourth-order valence-corrected chi connectivity index (χ4v) is 5.03. The number of imide groups is 1. The summed E-state index contributed by atoms with van der Waals surface area (Å²) in [6.07, 6.45) is 1.44. The van der Waals surface area contributed by atoms with E-state index in [4.69, 9.17) is 11.6 Å². The molecule has 3 aromatic carbocycles. The Labute approximate surface area is 214 Å². The number of rotatable bonds is 4. The topological polar surface area (TPSA) is 91.8 Å². The second-order valence-corrected chi connectivity index (χ2v) is 9.62. The summed E-state index contributed by atoms with van der Waals surface area (Å²) in [4.78, 5) is 47.9. The lowest BCUT2D eigenvalue weighted by Gasteiger charge is -2.17. The summed E-state index contributed by atoms with van der Waals surface area (Å²) >= 11 is 5.90. The smallest absolute Gasteiger partial charge is 0.307 e. The minimum atomic E-state index is -0.865. The number of carbonyl (C=O) groups is 4. The number of halogens is 1. The molecule has 1 aliphatic carbocycles. The van der Waals surface area contributed by atoms with Gasteiger partial charge in [0.15, 0.2) is 5.78 Å². The van der Waals surface area contributed by atoms with E-state index in [1.54, 1.807) is 36.4 Å². The van der Waals surface area contributed by atoms with Gasteiger partial charge in [-0.2, -0.15) is 0 Å². The van der Waals surface area contributed by atoms with Crippen LogP contribution in [0, 0.1) is 17.8 Å². The van der Waals surface area contributed by atoms with Gasteiger partial charge in [-0.05, 0) is 54.2 Å². The van der Waals surface area contributed by atoms with Crippen LogP contribution >= 0.6 is 11.6 Å². The van der Waals surface area contributed by atoms with Crippen molar-refractivity contribution in [2.45, 2.75) is 19.8 Å². The zero-order valence-electron chi connectivity index (χ0n) is 20.0. The van der Waals surface area contributed by atoms with Crippen LogP contribution in [0.1, 0.15) is 50.8 Å². The molecular weight excluding hydrogens is 478 g/mol. The molecule has 0 spiro atoms. The highest BCUT2D eigenvalue weighted by Gasteiger charge is 2.42. The van der Waals surface area contributed by atoms with Crippen molar-refractivity contribution < 1.29 is 24.3 Å². The molecule has 2 aliphatic rings. The van der Waals surface area contributed by atoms with Gasteiger partial charge in [-0.15, -0.1) is 0 Å². The maximum absolute atomic E-state index is 12.7. The molecule has 1 aliphatic heterocycles. The van der Waals surface area contributed by atoms with Gasteiger partial charge in [0, 0.05) is 23.6 Å². The summed E-state index contributed by atoms with van der Waals surface area (Å²) in [6, 6.07) is 21.7. The van der Waals surface area contributed by atoms with Gasteiger partial charge in [-0.25, -0.2) is 0 Å². The number of carboxylic acids is 1. The predicted molar refractivity (Wildman–Crippen MR) is 137 cm³/mol. The Kier molecular flexibility index (Phi) is 7.36. The first-order valence-electron chi connectivity index (χ1n) is 11.7. The third-order valence-electron chi connectivity index (χ3n) is 6.95. The normalized spacial score (nSPS) is 20.5. The number of nitrogens with zero attached hydrogens (tertiary/aromatic N) is 1. The molecule has 7 heteroatoms. The van der Waals surface area contributed by atoms with Crippen LogP contribution in [0.25, 0.3) is 11.1 Å². The van der Waals surface area contributed by atoms with E-state index in [2.05, 4.69) is 0 Å². The molecule has 1 saturated carbocycles. The van der Waals surface area contributed by atoms with Gasteiger partial charge >= 0.3 is 5.97 Å². The number of ketones is 1. The monoisotopic (exact) mass is 503 g/mol. The van der Waals surface area contributed by atoms with Gasteiger partial charge in [-0.1, -0.05) is 67.1 Å². The first kappa shape index (κ1) is 25.3. The first-order chi connectivity index (χ1) is 17.2. The number of fused-ring (bicyclic) bond motifs is 1. The highest BCUT2D eigenvalue weighted by molar-refractivity contribution is 6.30. The molecule has 184 valence electrons. The number of hydrogen-bond acceptors (Lipinski definition) is 4. The predicted octanol–water partition coefficient (Wildman–Crippen LogP) is 5.85. The third-order valence-corrected chi connectivity index (χ3v) is 7.20. The first-order valence-corrected chi connectivity index (χ1v) is 12.1. The summed E-state index contributed by atoms with van der Waals surface area (Å²) < 4.78 is 0. The lowest BCUT2D eigenvalue weighted by atomic mass is 9.85. The number of Topliss-reactive ketones (excluding diaryl/α,β-unsaturated/α-hetero) is 1. The zero-order chi connectivity index (χ0) is 26.0. The van der Waals surface area contributed by atoms with Crippen LogP contribution in [0.2, 0.25) is 5.02 Å². The van der Waals surface area contributed by atoms with Crippen LogP contribution in [0.3, 0.4) is 0 Å². The molecule has 1 fully saturated rings. The second kappa shape index (κ2) is 10.5. The minimum Gasteiger partial charge on any atom is -0.481 e. The molecule has 5 rings (SSSR count). The van der Waals surface area contributed by atoms with Crippen molar-refractivity contribution in [3.05, 3.63) is 94.5 Å². The molecule has 1 heterocycles. The number of carbonyl (C=O) groups excluding carboxylic acids is 3. The van der Waals surface area contributed by atoms with E-state index < -0.39 is 17.8 Å². The SMILES string of the molecule is CC1CC[C@H](C(=O)c2ccc(-c3ccc(Cl)cc3)cc2)C1C(=O)O.CN1C(=O)c2ccccc2C1=O. The van der Waals surface area contributed by atoms with Gasteiger partial charge in [0.1, 0.15) is 0 Å². The van der Waals surface area contributed by atoms with Crippen LogP contribution in [0.5, 0.6) is 0 Å². The number of carboxylic acid groups (broad SMARTS) is 1. The van der Waals surface area contributed by atoms with Crippen molar-refractivity contribution in [2.24, 2.45) is 17.8 Å². The fraction of sp³-hybridized carbons (Fsp3) is 0.241. The number of aliphatic carboxylic acids is 1. The van der Waals surface area contributed by atoms with Gasteiger partial charge in [0.25, 0.3) is 11.8 Å². The summed E-state index contributed by atoms with van der Waals surface area (Å²) in [5, 5.41) is 10.1. The molecule has 0 radical (unpaired) electrons. The number of benzene rings is 3. The van der Waals surface area contributed by atoms with E-state index in [1.807, 2.05) is 43.3 Å². The molecule has 2 unspecified atom stereocenters. The Morgan fingerprint density at radius 3 is 1.83 bits per heavy atom. The summed E-state index contributed by atoms with van der Waals surface area (Å²) in [6.45, 7) is 1.91. The Balaban J connectivity index is 0.000000211. The Bertz CT molecular complexity index is 1280. The van der Waals surface area contributed by atoms with E-state index in [9.17, 15) is 24.3 Å². The van der Waals surface area contributed by atoms with Crippen LogP contribution in [-0.2, 0) is 4.79 Å². The van der Waals surface area contributed by atoms with Crippen molar-refractivity contribution >= 4 is 35.2 Å². The van der Waals surface area contributed by atoms with E-state index >= 15 is 0 Å². The van der Waals surface area contributed by atoms with Crippen LogP contribution in [0.15, 0.2) is 72.8 Å². The van der Waals surface area contributed by atoms with Crippen molar-refractivity contribution in [1.82, 2.24) is 4.90 Å². The molecule has 0 saturated heterocycles. The van der Waals surface area contributed by atoms with Crippen molar-refractivity contribution in [3.63, 3.8) is 0 Å². The van der Waals surface area contributed by atoms with Crippen LogP contribution in [-0.4, -0.2) is 40.6 Å². The van der Waals surface area contributed by atoms with E-state index in [1.165, 1.54) is 7.05 Å². The van der Waals surface area contributed by atoms with Crippen molar-refractivity contribution in [3.8, 4) is 11.1 Å². The maximum Gasteiger partial charge on any atom is 0.307 e. The highest BCUT2D eigenvalue weighted by atomic mass is 35.5. The average Bonchev–Trinajstić information content (AvgIpc) is 3.38. The lowest BCUT2D eigenvalue weighted by molar-refractivity contribution is -0.143.